The van der Waals surface area contributed by atoms with Crippen LogP contribution in [-0.4, -0.2) is 30.0 Å². The normalized spacial score (nSPS) is 17.3. The van der Waals surface area contributed by atoms with E-state index in [0.29, 0.717) is 11.4 Å². The Kier molecular flexibility index (Phi) is 6.52. The minimum atomic E-state index is -1.21. The number of esters is 1. The average molecular weight is 485 g/mol. The van der Waals surface area contributed by atoms with Crippen molar-refractivity contribution >= 4 is 46.6 Å². The second-order valence-electron chi connectivity index (χ2n) is 7.05. The van der Waals surface area contributed by atoms with Crippen LogP contribution >= 0.6 is 23.4 Å². The molecule has 3 aromatic carbocycles. The van der Waals surface area contributed by atoms with Crippen LogP contribution in [0.1, 0.15) is 21.2 Å². The maximum absolute atomic E-state index is 13.1. The molecule has 1 N–H and O–H groups in total. The van der Waals surface area contributed by atoms with Gasteiger partial charge in [0.05, 0.1) is 28.5 Å². The number of hydrogen-bond acceptors (Lipinski definition) is 7. The van der Waals surface area contributed by atoms with Crippen molar-refractivity contribution in [2.24, 2.45) is 0 Å². The molecule has 0 aliphatic carbocycles. The number of carbonyl (C=O) groups is 2. The quantitative estimate of drug-likeness (QED) is 0.298. The lowest BCUT2D eigenvalue weighted by Crippen LogP contribution is -2.35. The van der Waals surface area contributed by atoms with E-state index in [1.54, 1.807) is 43.5 Å². The van der Waals surface area contributed by atoms with Crippen molar-refractivity contribution in [2.45, 2.75) is 16.2 Å². The van der Waals surface area contributed by atoms with Crippen LogP contribution < -0.4 is 10.1 Å². The average Bonchev–Trinajstić information content (AvgIpc) is 2.95. The van der Waals surface area contributed by atoms with Gasteiger partial charge in [-0.2, -0.15) is 0 Å². The Hall–Kier alpha value is -3.56. The number of methoxy groups -OCH3 is 1. The SMILES string of the molecule is COc1ccc([C@@H]2Sc3ccccc3NC(=O)[C@@H]2OC(=O)c2ccc(Cl)c([N+](=O)[O-])c2)cc1. The van der Waals surface area contributed by atoms with Gasteiger partial charge in [0.2, 0.25) is 0 Å². The molecule has 3 aromatic rings. The van der Waals surface area contributed by atoms with Crippen LogP contribution in [0, 0.1) is 10.1 Å². The highest BCUT2D eigenvalue weighted by molar-refractivity contribution is 7.99. The van der Waals surface area contributed by atoms with E-state index >= 15 is 0 Å². The van der Waals surface area contributed by atoms with E-state index in [2.05, 4.69) is 5.32 Å². The summed E-state index contributed by atoms with van der Waals surface area (Å²) in [4.78, 5) is 37.3. The Morgan fingerprint density at radius 3 is 2.55 bits per heavy atom. The zero-order valence-corrected chi connectivity index (χ0v) is 18.8. The van der Waals surface area contributed by atoms with Crippen LogP contribution in [0.2, 0.25) is 5.02 Å². The monoisotopic (exact) mass is 484 g/mol. The third-order valence-corrected chi connectivity index (χ3v) is 6.69. The molecule has 0 fully saturated rings. The summed E-state index contributed by atoms with van der Waals surface area (Å²) in [5.41, 5.74) is 0.836. The molecule has 1 aliphatic heterocycles. The lowest BCUT2D eigenvalue weighted by molar-refractivity contribution is -0.384. The minimum Gasteiger partial charge on any atom is -0.497 e. The number of para-hydroxylation sites is 1. The van der Waals surface area contributed by atoms with Crippen molar-refractivity contribution in [3.8, 4) is 5.75 Å². The second kappa shape index (κ2) is 9.51. The Bertz CT molecular complexity index is 1230. The zero-order valence-electron chi connectivity index (χ0n) is 17.2. The van der Waals surface area contributed by atoms with Crippen LogP contribution in [0.15, 0.2) is 71.6 Å². The van der Waals surface area contributed by atoms with Crippen LogP contribution in [0.5, 0.6) is 5.75 Å². The summed E-state index contributed by atoms with van der Waals surface area (Å²) in [6.07, 6.45) is -1.21. The Balaban J connectivity index is 1.70. The molecule has 0 spiro atoms. The molecule has 10 heteroatoms. The molecule has 168 valence electrons. The molecule has 1 heterocycles. The first-order valence-corrected chi connectivity index (χ1v) is 11.0. The number of hydrogen-bond donors (Lipinski definition) is 1. The molecule has 0 radical (unpaired) electrons. The number of halogens is 1. The molecular weight excluding hydrogens is 468 g/mol. The molecule has 0 saturated heterocycles. The Labute approximate surface area is 198 Å². The summed E-state index contributed by atoms with van der Waals surface area (Å²) >= 11 is 7.21. The molecule has 0 unspecified atom stereocenters. The number of nitrogens with one attached hydrogen (secondary N) is 1. The highest BCUT2D eigenvalue weighted by Gasteiger charge is 2.38. The van der Waals surface area contributed by atoms with E-state index in [1.807, 2.05) is 12.1 Å². The number of nitro groups is 1. The van der Waals surface area contributed by atoms with Gasteiger partial charge in [-0.1, -0.05) is 35.9 Å². The summed E-state index contributed by atoms with van der Waals surface area (Å²) in [6.45, 7) is 0. The molecule has 0 aromatic heterocycles. The van der Waals surface area contributed by atoms with Crippen LogP contribution in [0.3, 0.4) is 0 Å². The van der Waals surface area contributed by atoms with Crippen LogP contribution in [-0.2, 0) is 9.53 Å². The first-order valence-electron chi connectivity index (χ1n) is 9.73. The lowest BCUT2D eigenvalue weighted by atomic mass is 10.1. The number of rotatable bonds is 5. The third-order valence-electron chi connectivity index (χ3n) is 4.99. The van der Waals surface area contributed by atoms with Gasteiger partial charge in [0.25, 0.3) is 11.6 Å². The first kappa shape index (κ1) is 22.6. The highest BCUT2D eigenvalue weighted by Crippen LogP contribution is 2.45. The van der Waals surface area contributed by atoms with Gasteiger partial charge in [0.15, 0.2) is 6.10 Å². The summed E-state index contributed by atoms with van der Waals surface area (Å²) in [7, 11) is 1.55. The topological polar surface area (TPSA) is 108 Å². The predicted molar refractivity (Wildman–Crippen MR) is 124 cm³/mol. The predicted octanol–water partition coefficient (Wildman–Crippen LogP) is 5.27. The summed E-state index contributed by atoms with van der Waals surface area (Å²) in [5, 5.41) is 13.3. The Morgan fingerprint density at radius 1 is 1.12 bits per heavy atom. The fourth-order valence-corrected chi connectivity index (χ4v) is 4.79. The summed E-state index contributed by atoms with van der Waals surface area (Å²) in [5.74, 6) is -0.741. The van der Waals surface area contributed by atoms with E-state index in [9.17, 15) is 19.7 Å². The largest absolute Gasteiger partial charge is 0.497 e. The van der Waals surface area contributed by atoms with Gasteiger partial charge >= 0.3 is 5.97 Å². The van der Waals surface area contributed by atoms with Crippen LogP contribution in [0.4, 0.5) is 11.4 Å². The lowest BCUT2D eigenvalue weighted by Gasteiger charge is -2.23. The molecule has 2 atom stereocenters. The van der Waals surface area contributed by atoms with E-state index < -0.39 is 33.8 Å². The number of nitrogens with zero attached hydrogens (tertiary/aromatic N) is 1. The molecule has 8 nitrogen and oxygen atoms in total. The number of amides is 1. The fourth-order valence-electron chi connectivity index (χ4n) is 3.33. The van der Waals surface area contributed by atoms with E-state index in [0.717, 1.165) is 16.5 Å². The van der Waals surface area contributed by atoms with Crippen molar-refractivity contribution in [1.82, 2.24) is 0 Å². The first-order chi connectivity index (χ1) is 15.9. The van der Waals surface area contributed by atoms with Crippen molar-refractivity contribution in [3.05, 3.63) is 93.0 Å². The highest BCUT2D eigenvalue weighted by atomic mass is 35.5. The van der Waals surface area contributed by atoms with Gasteiger partial charge in [0, 0.05) is 11.0 Å². The minimum absolute atomic E-state index is 0.0841. The zero-order chi connectivity index (χ0) is 23.5. The van der Waals surface area contributed by atoms with Gasteiger partial charge in [-0.15, -0.1) is 11.8 Å². The van der Waals surface area contributed by atoms with E-state index in [-0.39, 0.29) is 10.6 Å². The number of carbonyl (C=O) groups excluding carboxylic acids is 2. The molecule has 1 amide bonds. The van der Waals surface area contributed by atoms with E-state index in [1.165, 1.54) is 23.9 Å². The smallest absolute Gasteiger partial charge is 0.339 e. The number of thioether (sulfide) groups is 1. The van der Waals surface area contributed by atoms with Gasteiger partial charge in [-0.25, -0.2) is 4.79 Å². The molecule has 4 rings (SSSR count). The van der Waals surface area contributed by atoms with E-state index in [4.69, 9.17) is 21.1 Å². The fraction of sp³-hybridized carbons (Fsp3) is 0.130. The number of nitro benzene ring substituents is 1. The molecule has 1 aliphatic rings. The number of ether oxygens (including phenoxy) is 2. The van der Waals surface area contributed by atoms with Crippen molar-refractivity contribution in [3.63, 3.8) is 0 Å². The summed E-state index contributed by atoms with van der Waals surface area (Å²) < 4.78 is 10.8. The second-order valence-corrected chi connectivity index (χ2v) is 8.64. The van der Waals surface area contributed by atoms with Crippen molar-refractivity contribution in [1.29, 1.82) is 0 Å². The van der Waals surface area contributed by atoms with Gasteiger partial charge < -0.3 is 14.8 Å². The molecule has 0 bridgehead atoms. The number of anilines is 1. The number of benzene rings is 3. The third kappa shape index (κ3) is 4.79. The van der Waals surface area contributed by atoms with Gasteiger partial charge in [0.1, 0.15) is 10.8 Å². The summed E-state index contributed by atoms with van der Waals surface area (Å²) in [6, 6.07) is 18.0. The van der Waals surface area contributed by atoms with Gasteiger partial charge in [-0.05, 0) is 42.0 Å². The Morgan fingerprint density at radius 2 is 1.85 bits per heavy atom. The maximum Gasteiger partial charge on any atom is 0.339 e. The maximum atomic E-state index is 13.1. The standard InChI is InChI=1S/C23H17ClN2O6S/c1-31-15-9-6-13(7-10-15)21-20(22(27)25-17-4-2-3-5-19(17)33-21)32-23(28)14-8-11-16(24)18(12-14)26(29)30/h2-12,20-21H,1H3,(H,25,27)/t20-,21+/m1/s1. The molecular formula is C23H17ClN2O6S. The molecule has 0 saturated carbocycles. The van der Waals surface area contributed by atoms with Crippen molar-refractivity contribution < 1.29 is 24.0 Å². The number of fused-ring (bicyclic) bond motifs is 1. The van der Waals surface area contributed by atoms with Crippen molar-refractivity contribution in [2.75, 3.05) is 12.4 Å². The van der Waals surface area contributed by atoms with Crippen LogP contribution in [0.25, 0.3) is 0 Å². The van der Waals surface area contributed by atoms with Gasteiger partial charge in [-0.3, -0.25) is 14.9 Å². The molecule has 33 heavy (non-hydrogen) atoms.